The number of hydrogen-bond donors (Lipinski definition) is 0. The molecule has 9 heteroatoms. The van der Waals surface area contributed by atoms with E-state index in [2.05, 4.69) is 19.1 Å². The fourth-order valence-corrected chi connectivity index (χ4v) is 4.02. The Morgan fingerprint density at radius 2 is 1.43 bits per heavy atom. The van der Waals surface area contributed by atoms with Crippen LogP contribution in [0.15, 0.2) is 12.2 Å². The molecular formula is C26H52NO7P. The van der Waals surface area contributed by atoms with Crippen molar-refractivity contribution in [2.45, 2.75) is 97.0 Å². The van der Waals surface area contributed by atoms with Crippen LogP contribution in [0.1, 0.15) is 90.9 Å². The Morgan fingerprint density at radius 3 is 2.00 bits per heavy atom. The molecule has 35 heavy (non-hydrogen) atoms. The Hall–Kier alpha value is -0.760. The van der Waals surface area contributed by atoms with E-state index in [4.69, 9.17) is 18.5 Å². The first-order valence-corrected chi connectivity index (χ1v) is 14.8. The van der Waals surface area contributed by atoms with Crippen molar-refractivity contribution in [3.8, 4) is 0 Å². The first-order valence-electron chi connectivity index (χ1n) is 13.4. The van der Waals surface area contributed by atoms with Crippen LogP contribution in [0.5, 0.6) is 0 Å². The molecule has 2 atom stereocenters. The van der Waals surface area contributed by atoms with Crippen LogP contribution in [0, 0.1) is 0 Å². The van der Waals surface area contributed by atoms with Crippen molar-refractivity contribution in [3.05, 3.63) is 12.2 Å². The zero-order valence-electron chi connectivity index (χ0n) is 23.0. The number of phosphoric ester groups is 1. The van der Waals surface area contributed by atoms with Crippen LogP contribution in [0.2, 0.25) is 0 Å². The first-order chi connectivity index (χ1) is 16.6. The van der Waals surface area contributed by atoms with E-state index < -0.39 is 19.9 Å². The molecule has 208 valence electrons. The van der Waals surface area contributed by atoms with Crippen LogP contribution in [0.3, 0.4) is 0 Å². The standard InChI is InChI=1S/C26H52NO7P/c1-6-7-8-9-10-11-12-13-14-15-16-17-18-19-21-31-23-26(34-25(2)28)24-33-35(29,30)32-22-20-27(3,4)5/h9-10,26H,6-8,11-24H2,1-5H3/b10-9-/t26-/m1/s1. The number of carbonyl (C=O) groups excluding carboxylic acids is 1. The summed E-state index contributed by atoms with van der Waals surface area (Å²) in [5.74, 6) is -0.513. The number of phosphoric acid groups is 1. The summed E-state index contributed by atoms with van der Waals surface area (Å²) in [7, 11) is 1.34. The van der Waals surface area contributed by atoms with Crippen LogP contribution in [-0.2, 0) is 27.9 Å². The van der Waals surface area contributed by atoms with Crippen molar-refractivity contribution in [1.82, 2.24) is 0 Å². The lowest BCUT2D eigenvalue weighted by molar-refractivity contribution is -0.870. The second kappa shape index (κ2) is 21.3. The minimum absolute atomic E-state index is 0.0233. The first kappa shape index (κ1) is 34.2. The Morgan fingerprint density at radius 1 is 0.857 bits per heavy atom. The maximum Gasteiger partial charge on any atom is 0.303 e. The number of nitrogens with zero attached hydrogens (tertiary/aromatic N) is 1. The number of hydrogen-bond acceptors (Lipinski definition) is 7. The van der Waals surface area contributed by atoms with Crippen molar-refractivity contribution in [2.75, 3.05) is 54.1 Å². The minimum atomic E-state index is -4.46. The fourth-order valence-electron chi connectivity index (χ4n) is 3.29. The molecule has 0 amide bonds. The van der Waals surface area contributed by atoms with Gasteiger partial charge in [-0.2, -0.15) is 0 Å². The zero-order valence-corrected chi connectivity index (χ0v) is 23.9. The molecule has 8 nitrogen and oxygen atoms in total. The van der Waals surface area contributed by atoms with Crippen molar-refractivity contribution >= 4 is 13.8 Å². The van der Waals surface area contributed by atoms with Gasteiger partial charge in [0.1, 0.15) is 19.3 Å². The second-order valence-electron chi connectivity index (χ2n) is 10.1. The monoisotopic (exact) mass is 521 g/mol. The molecule has 0 rings (SSSR count). The van der Waals surface area contributed by atoms with Crippen LogP contribution in [-0.4, -0.2) is 70.7 Å². The van der Waals surface area contributed by atoms with Crippen LogP contribution in [0.4, 0.5) is 0 Å². The van der Waals surface area contributed by atoms with Crippen LogP contribution < -0.4 is 4.89 Å². The van der Waals surface area contributed by atoms with Gasteiger partial charge in [0, 0.05) is 13.5 Å². The molecule has 0 aliphatic rings. The Labute approximate surface area is 214 Å². The van der Waals surface area contributed by atoms with Crippen LogP contribution in [0.25, 0.3) is 0 Å². The summed E-state index contributed by atoms with van der Waals surface area (Å²) in [6.45, 7) is 4.34. The van der Waals surface area contributed by atoms with E-state index >= 15 is 0 Å². The van der Waals surface area contributed by atoms with Gasteiger partial charge < -0.3 is 27.9 Å². The topological polar surface area (TPSA) is 94.1 Å². The highest BCUT2D eigenvalue weighted by atomic mass is 31.2. The molecule has 0 fully saturated rings. The molecule has 0 aliphatic carbocycles. The molecule has 0 aliphatic heterocycles. The molecule has 0 radical (unpaired) electrons. The normalized spacial score (nSPS) is 14.8. The number of ether oxygens (including phenoxy) is 2. The number of likely N-dealkylation sites (N-methyl/N-ethyl adjacent to an activating group) is 1. The summed E-state index contributed by atoms with van der Waals surface area (Å²) >= 11 is 0. The summed E-state index contributed by atoms with van der Waals surface area (Å²) in [6.07, 6.45) is 18.4. The maximum absolute atomic E-state index is 11.9. The lowest BCUT2D eigenvalue weighted by atomic mass is 10.1. The lowest BCUT2D eigenvalue weighted by Gasteiger charge is -2.28. The summed E-state index contributed by atoms with van der Waals surface area (Å²) in [5.41, 5.74) is 0. The Bertz CT molecular complexity index is 593. The van der Waals surface area contributed by atoms with E-state index in [1.165, 1.54) is 71.1 Å². The summed E-state index contributed by atoms with van der Waals surface area (Å²) in [4.78, 5) is 23.2. The number of esters is 1. The molecule has 0 aromatic heterocycles. The molecule has 0 N–H and O–H groups in total. The predicted octanol–water partition coefficient (Wildman–Crippen LogP) is 5.40. The highest BCUT2D eigenvalue weighted by Gasteiger charge is 2.19. The van der Waals surface area contributed by atoms with Crippen molar-refractivity contribution in [1.29, 1.82) is 0 Å². The van der Waals surface area contributed by atoms with Gasteiger partial charge in [0.05, 0.1) is 34.4 Å². The summed E-state index contributed by atoms with van der Waals surface area (Å²) in [6, 6.07) is 0. The lowest BCUT2D eigenvalue weighted by Crippen LogP contribution is -2.37. The number of rotatable bonds is 24. The van der Waals surface area contributed by atoms with Gasteiger partial charge in [-0.3, -0.25) is 9.36 Å². The van der Waals surface area contributed by atoms with E-state index in [-0.39, 0.29) is 19.8 Å². The molecule has 0 bridgehead atoms. The van der Waals surface area contributed by atoms with E-state index in [1.807, 2.05) is 21.1 Å². The predicted molar refractivity (Wildman–Crippen MR) is 139 cm³/mol. The van der Waals surface area contributed by atoms with Gasteiger partial charge >= 0.3 is 5.97 Å². The molecule has 0 spiro atoms. The van der Waals surface area contributed by atoms with Crippen molar-refractivity contribution in [2.24, 2.45) is 0 Å². The SMILES string of the molecule is CCCC/C=C\CCCCCCCCCCOC[C@H](COP(=O)([O-])OCC[N+](C)(C)C)OC(C)=O. The van der Waals surface area contributed by atoms with Gasteiger partial charge in [-0.25, -0.2) is 0 Å². The van der Waals surface area contributed by atoms with Gasteiger partial charge in [0.15, 0.2) is 0 Å². The Balaban J connectivity index is 3.82. The van der Waals surface area contributed by atoms with E-state index in [1.54, 1.807) is 0 Å². The van der Waals surface area contributed by atoms with Gasteiger partial charge in [-0.1, -0.05) is 70.4 Å². The third-order valence-corrected chi connectivity index (χ3v) is 6.33. The highest BCUT2D eigenvalue weighted by Crippen LogP contribution is 2.38. The minimum Gasteiger partial charge on any atom is -0.756 e. The quantitative estimate of drug-likeness (QED) is 0.0552. The molecule has 0 saturated heterocycles. The smallest absolute Gasteiger partial charge is 0.303 e. The third-order valence-electron chi connectivity index (χ3n) is 5.37. The average Bonchev–Trinajstić information content (AvgIpc) is 2.75. The summed E-state index contributed by atoms with van der Waals surface area (Å²) in [5, 5.41) is 0. The van der Waals surface area contributed by atoms with Gasteiger partial charge in [0.2, 0.25) is 0 Å². The largest absolute Gasteiger partial charge is 0.756 e. The van der Waals surface area contributed by atoms with Gasteiger partial charge in [0.25, 0.3) is 7.82 Å². The van der Waals surface area contributed by atoms with Crippen molar-refractivity contribution < 1.29 is 37.3 Å². The number of quaternary nitrogens is 1. The number of carbonyl (C=O) groups is 1. The number of allylic oxidation sites excluding steroid dienone is 2. The van der Waals surface area contributed by atoms with Gasteiger partial charge in [-0.15, -0.1) is 0 Å². The third kappa shape index (κ3) is 26.1. The Kier molecular flexibility index (Phi) is 20.9. The molecule has 0 aromatic carbocycles. The average molecular weight is 522 g/mol. The van der Waals surface area contributed by atoms with Crippen molar-refractivity contribution in [3.63, 3.8) is 0 Å². The van der Waals surface area contributed by atoms with E-state index in [0.717, 1.165) is 12.8 Å². The van der Waals surface area contributed by atoms with E-state index in [0.29, 0.717) is 17.6 Å². The molecule has 1 unspecified atom stereocenters. The molecule has 0 aromatic rings. The van der Waals surface area contributed by atoms with Gasteiger partial charge in [-0.05, 0) is 25.7 Å². The fraction of sp³-hybridized carbons (Fsp3) is 0.885. The second-order valence-corrected chi connectivity index (χ2v) is 11.5. The van der Waals surface area contributed by atoms with E-state index in [9.17, 15) is 14.3 Å². The highest BCUT2D eigenvalue weighted by molar-refractivity contribution is 7.45. The zero-order chi connectivity index (χ0) is 26.4. The maximum atomic E-state index is 11.9. The van der Waals surface area contributed by atoms with Crippen LogP contribution >= 0.6 is 7.82 Å². The summed E-state index contributed by atoms with van der Waals surface area (Å²) < 4.78 is 33.0. The molecule has 0 saturated carbocycles. The molecule has 0 heterocycles. The molecular weight excluding hydrogens is 469 g/mol. The number of unbranched alkanes of at least 4 members (excludes halogenated alkanes) is 10.